The number of hydrogen-bond acceptors (Lipinski definition) is 4. The first-order valence-corrected chi connectivity index (χ1v) is 7.46. The summed E-state index contributed by atoms with van der Waals surface area (Å²) in [4.78, 5) is 7.25. The molecule has 0 unspecified atom stereocenters. The second kappa shape index (κ2) is 5.85. The van der Waals surface area contributed by atoms with E-state index in [1.54, 1.807) is 30.6 Å². The van der Waals surface area contributed by atoms with Crippen LogP contribution in [0.5, 0.6) is 0 Å². The fourth-order valence-corrected chi connectivity index (χ4v) is 2.49. The first kappa shape index (κ1) is 13.6. The second-order valence-corrected chi connectivity index (χ2v) is 5.64. The molecule has 0 aliphatic carbocycles. The van der Waals surface area contributed by atoms with Gasteiger partial charge in [-0.15, -0.1) is 0 Å². The van der Waals surface area contributed by atoms with Crippen molar-refractivity contribution in [1.82, 2.24) is 9.97 Å². The third-order valence-corrected chi connectivity index (χ3v) is 3.62. The number of anilines is 1. The van der Waals surface area contributed by atoms with E-state index in [9.17, 15) is 8.42 Å². The minimum atomic E-state index is -3.69. The van der Waals surface area contributed by atoms with Gasteiger partial charge in [0.15, 0.2) is 0 Å². The van der Waals surface area contributed by atoms with Gasteiger partial charge >= 0.3 is 0 Å². The number of nitrogens with zero attached hydrogens (tertiary/aromatic N) is 1. The lowest BCUT2D eigenvalue weighted by Crippen LogP contribution is -2.15. The first-order chi connectivity index (χ1) is 9.07. The average Bonchev–Trinajstić information content (AvgIpc) is 2.87. The Labute approximate surface area is 112 Å². The summed E-state index contributed by atoms with van der Waals surface area (Å²) in [5.74, 6) is 0.918. The van der Waals surface area contributed by atoms with Crippen molar-refractivity contribution >= 4 is 15.7 Å². The van der Waals surface area contributed by atoms with Gasteiger partial charge in [-0.3, -0.25) is 0 Å². The predicted octanol–water partition coefficient (Wildman–Crippen LogP) is 1.10. The van der Waals surface area contributed by atoms with Gasteiger partial charge in [0.1, 0.15) is 10.7 Å². The molecule has 0 fully saturated rings. The molecule has 4 N–H and O–H groups in total. The maximum atomic E-state index is 11.4. The lowest BCUT2D eigenvalue weighted by Gasteiger charge is -2.09. The number of nitrogens with one attached hydrogen (secondary N) is 2. The molecular formula is C12H16N4O2S. The van der Waals surface area contributed by atoms with Gasteiger partial charge in [0.25, 0.3) is 0 Å². The van der Waals surface area contributed by atoms with Gasteiger partial charge in [0, 0.05) is 25.4 Å². The maximum Gasteiger partial charge on any atom is 0.240 e. The van der Waals surface area contributed by atoms with Crippen LogP contribution in [0.4, 0.5) is 5.69 Å². The highest BCUT2D eigenvalue weighted by Crippen LogP contribution is 2.19. The van der Waals surface area contributed by atoms with Crippen LogP contribution in [-0.2, 0) is 16.4 Å². The van der Waals surface area contributed by atoms with Crippen molar-refractivity contribution in [3.63, 3.8) is 0 Å². The summed E-state index contributed by atoms with van der Waals surface area (Å²) in [6.07, 6.45) is 5.13. The molecule has 2 rings (SSSR count). The van der Waals surface area contributed by atoms with Crippen molar-refractivity contribution in [3.05, 3.63) is 42.5 Å². The number of nitrogens with two attached hydrogens (primary N) is 1. The van der Waals surface area contributed by atoms with E-state index in [4.69, 9.17) is 5.14 Å². The molecule has 0 aliphatic heterocycles. The summed E-state index contributed by atoms with van der Waals surface area (Å²) in [5, 5.41) is 8.24. The van der Waals surface area contributed by atoms with Crippen LogP contribution in [0.2, 0.25) is 0 Å². The maximum absolute atomic E-state index is 11.4. The van der Waals surface area contributed by atoms with Crippen molar-refractivity contribution in [2.75, 3.05) is 11.9 Å². The lowest BCUT2D eigenvalue weighted by molar-refractivity contribution is 0.598. The molecule has 0 spiro atoms. The highest BCUT2D eigenvalue weighted by atomic mass is 32.2. The van der Waals surface area contributed by atoms with Crippen LogP contribution in [0.3, 0.4) is 0 Å². The van der Waals surface area contributed by atoms with Crippen molar-refractivity contribution in [1.29, 1.82) is 0 Å². The Bertz CT molecular complexity index is 623. The summed E-state index contributed by atoms with van der Waals surface area (Å²) in [6, 6.07) is 6.61. The zero-order valence-electron chi connectivity index (χ0n) is 10.3. The molecule has 0 amide bonds. The average molecular weight is 280 g/mol. The molecule has 19 heavy (non-hydrogen) atoms. The summed E-state index contributed by atoms with van der Waals surface area (Å²) >= 11 is 0. The SMILES string of the molecule is NS(=O)(=O)c1ccccc1NCCCc1ncc[nH]1. The molecule has 0 saturated carbocycles. The third-order valence-electron chi connectivity index (χ3n) is 2.65. The molecule has 1 aromatic carbocycles. The van der Waals surface area contributed by atoms with Gasteiger partial charge < -0.3 is 10.3 Å². The van der Waals surface area contributed by atoms with E-state index < -0.39 is 10.0 Å². The Balaban J connectivity index is 1.93. The Hall–Kier alpha value is -1.86. The number of benzene rings is 1. The van der Waals surface area contributed by atoms with Gasteiger partial charge in [0.05, 0.1) is 5.69 Å². The van der Waals surface area contributed by atoms with Gasteiger partial charge in [-0.25, -0.2) is 18.5 Å². The van der Waals surface area contributed by atoms with E-state index >= 15 is 0 Å². The molecule has 0 radical (unpaired) electrons. The Morgan fingerprint density at radius 1 is 1.32 bits per heavy atom. The minimum absolute atomic E-state index is 0.119. The van der Waals surface area contributed by atoms with E-state index in [1.807, 2.05) is 0 Å². The Morgan fingerprint density at radius 3 is 2.79 bits per heavy atom. The van der Waals surface area contributed by atoms with Crippen molar-refractivity contribution in [2.45, 2.75) is 17.7 Å². The predicted molar refractivity (Wildman–Crippen MR) is 73.2 cm³/mol. The van der Waals surface area contributed by atoms with Crippen molar-refractivity contribution < 1.29 is 8.42 Å². The molecule has 7 heteroatoms. The molecule has 6 nitrogen and oxygen atoms in total. The van der Waals surface area contributed by atoms with Crippen LogP contribution in [0.25, 0.3) is 0 Å². The van der Waals surface area contributed by atoms with Crippen LogP contribution < -0.4 is 10.5 Å². The van der Waals surface area contributed by atoms with E-state index in [-0.39, 0.29) is 4.90 Å². The number of para-hydroxylation sites is 1. The number of hydrogen-bond donors (Lipinski definition) is 3. The molecule has 0 aliphatic rings. The minimum Gasteiger partial charge on any atom is -0.384 e. The van der Waals surface area contributed by atoms with Gasteiger partial charge in [-0.1, -0.05) is 12.1 Å². The largest absolute Gasteiger partial charge is 0.384 e. The summed E-state index contributed by atoms with van der Waals surface area (Å²) in [5.41, 5.74) is 0.532. The van der Waals surface area contributed by atoms with E-state index in [2.05, 4.69) is 15.3 Å². The molecule has 1 aromatic heterocycles. The van der Waals surface area contributed by atoms with Gasteiger partial charge in [-0.05, 0) is 18.6 Å². The topological polar surface area (TPSA) is 101 Å². The molecule has 0 saturated heterocycles. The van der Waals surface area contributed by atoms with Crippen LogP contribution in [0.1, 0.15) is 12.2 Å². The van der Waals surface area contributed by atoms with E-state index in [1.165, 1.54) is 6.07 Å². The quantitative estimate of drug-likeness (QED) is 0.690. The number of aryl methyl sites for hydroxylation is 1. The van der Waals surface area contributed by atoms with Crippen LogP contribution in [0.15, 0.2) is 41.6 Å². The molecule has 2 aromatic rings. The molecular weight excluding hydrogens is 264 g/mol. The number of rotatable bonds is 6. The fraction of sp³-hybridized carbons (Fsp3) is 0.250. The Morgan fingerprint density at radius 2 is 2.11 bits per heavy atom. The highest BCUT2D eigenvalue weighted by molar-refractivity contribution is 7.89. The van der Waals surface area contributed by atoms with Crippen LogP contribution in [0, 0.1) is 0 Å². The standard InChI is InChI=1S/C12H16N4O2S/c13-19(17,18)11-5-2-1-4-10(11)14-7-3-6-12-15-8-9-16-12/h1-2,4-5,8-9,14H,3,6-7H2,(H,15,16)(H2,13,17,18). The zero-order chi connectivity index (χ0) is 13.7. The number of imidazole rings is 1. The molecule has 1 heterocycles. The number of aromatic nitrogens is 2. The first-order valence-electron chi connectivity index (χ1n) is 5.91. The lowest BCUT2D eigenvalue weighted by atomic mass is 10.2. The monoisotopic (exact) mass is 280 g/mol. The molecule has 102 valence electrons. The zero-order valence-corrected chi connectivity index (χ0v) is 11.2. The highest BCUT2D eigenvalue weighted by Gasteiger charge is 2.12. The summed E-state index contributed by atoms with van der Waals surface area (Å²) in [7, 11) is -3.69. The third kappa shape index (κ3) is 3.80. The second-order valence-electron chi connectivity index (χ2n) is 4.11. The fourth-order valence-electron chi connectivity index (χ4n) is 1.77. The van der Waals surface area contributed by atoms with Gasteiger partial charge in [0.2, 0.25) is 10.0 Å². The van der Waals surface area contributed by atoms with E-state index in [0.29, 0.717) is 12.2 Å². The number of H-pyrrole nitrogens is 1. The normalized spacial score (nSPS) is 11.4. The number of primary sulfonamides is 1. The van der Waals surface area contributed by atoms with E-state index in [0.717, 1.165) is 18.7 Å². The van der Waals surface area contributed by atoms with Crippen LogP contribution in [-0.4, -0.2) is 24.9 Å². The molecule has 0 atom stereocenters. The smallest absolute Gasteiger partial charge is 0.240 e. The number of aromatic amines is 1. The van der Waals surface area contributed by atoms with Crippen molar-refractivity contribution in [3.8, 4) is 0 Å². The summed E-state index contributed by atoms with van der Waals surface area (Å²) < 4.78 is 22.8. The van der Waals surface area contributed by atoms with Gasteiger partial charge in [-0.2, -0.15) is 0 Å². The Kier molecular flexibility index (Phi) is 4.18. The molecule has 0 bridgehead atoms. The van der Waals surface area contributed by atoms with Crippen LogP contribution >= 0.6 is 0 Å². The van der Waals surface area contributed by atoms with Crippen molar-refractivity contribution in [2.24, 2.45) is 5.14 Å². The summed E-state index contributed by atoms with van der Waals surface area (Å²) in [6.45, 7) is 0.646. The number of sulfonamides is 1.